The molecule has 0 radical (unpaired) electrons. The van der Waals surface area contributed by atoms with Crippen molar-refractivity contribution in [3.63, 3.8) is 0 Å². The highest BCUT2D eigenvalue weighted by molar-refractivity contribution is 5.90. The average Bonchev–Trinajstić information content (AvgIpc) is 2.75. The molecular formula is C23H23N3O2. The number of morpholine rings is 1. The highest BCUT2D eigenvalue weighted by atomic mass is 16.5. The van der Waals surface area contributed by atoms with Crippen LogP contribution in [0.1, 0.15) is 11.1 Å². The number of anilines is 1. The fourth-order valence-electron chi connectivity index (χ4n) is 3.43. The third-order valence-electron chi connectivity index (χ3n) is 4.90. The highest BCUT2D eigenvalue weighted by Crippen LogP contribution is 2.19. The van der Waals surface area contributed by atoms with E-state index < -0.39 is 0 Å². The van der Waals surface area contributed by atoms with E-state index >= 15 is 0 Å². The number of benzene rings is 3. The molecule has 5 nitrogen and oxygen atoms in total. The van der Waals surface area contributed by atoms with Gasteiger partial charge in [0.15, 0.2) is 0 Å². The molecule has 1 saturated heterocycles. The Balaban J connectivity index is 1.34. The molecule has 0 spiro atoms. The molecular weight excluding hydrogens is 350 g/mol. The van der Waals surface area contributed by atoms with Crippen molar-refractivity contribution in [2.75, 3.05) is 31.2 Å². The summed E-state index contributed by atoms with van der Waals surface area (Å²) in [6.45, 7) is 3.37. The largest absolute Gasteiger partial charge is 0.378 e. The summed E-state index contributed by atoms with van der Waals surface area (Å²) in [6.07, 6.45) is 1.97. The molecule has 1 amide bonds. The van der Waals surface area contributed by atoms with Crippen LogP contribution in [-0.2, 0) is 16.0 Å². The second-order valence-electron chi connectivity index (χ2n) is 6.80. The molecule has 0 aromatic heterocycles. The zero-order chi connectivity index (χ0) is 19.2. The van der Waals surface area contributed by atoms with Crippen molar-refractivity contribution in [3.8, 4) is 0 Å². The first-order valence-corrected chi connectivity index (χ1v) is 9.51. The molecule has 1 aliphatic heterocycles. The Hall–Kier alpha value is -3.18. The van der Waals surface area contributed by atoms with Crippen LogP contribution in [0.5, 0.6) is 0 Å². The number of carbonyl (C=O) groups is 1. The van der Waals surface area contributed by atoms with Crippen LogP contribution < -0.4 is 10.3 Å². The van der Waals surface area contributed by atoms with Crippen LogP contribution in [0, 0.1) is 0 Å². The van der Waals surface area contributed by atoms with E-state index in [0.29, 0.717) is 6.42 Å². The lowest BCUT2D eigenvalue weighted by Gasteiger charge is -2.28. The summed E-state index contributed by atoms with van der Waals surface area (Å²) in [7, 11) is 0. The minimum absolute atomic E-state index is 0.127. The fraction of sp³-hybridized carbons (Fsp3) is 0.217. The molecule has 0 bridgehead atoms. The zero-order valence-corrected chi connectivity index (χ0v) is 15.7. The van der Waals surface area contributed by atoms with E-state index in [0.717, 1.165) is 48.2 Å². The smallest absolute Gasteiger partial charge is 0.244 e. The average molecular weight is 373 g/mol. The van der Waals surface area contributed by atoms with E-state index in [1.54, 1.807) is 6.21 Å². The van der Waals surface area contributed by atoms with Crippen LogP contribution in [0.15, 0.2) is 71.8 Å². The maximum atomic E-state index is 12.3. The third-order valence-corrected chi connectivity index (χ3v) is 4.90. The van der Waals surface area contributed by atoms with E-state index in [1.807, 2.05) is 42.5 Å². The number of ether oxygens (including phenoxy) is 1. The van der Waals surface area contributed by atoms with Gasteiger partial charge in [-0.1, -0.05) is 54.6 Å². The Morgan fingerprint density at radius 3 is 2.57 bits per heavy atom. The highest BCUT2D eigenvalue weighted by Gasteiger charge is 2.10. The van der Waals surface area contributed by atoms with Gasteiger partial charge < -0.3 is 9.64 Å². The first-order valence-electron chi connectivity index (χ1n) is 9.51. The Kier molecular flexibility index (Phi) is 5.64. The van der Waals surface area contributed by atoms with Gasteiger partial charge in [-0.2, -0.15) is 5.10 Å². The molecule has 28 heavy (non-hydrogen) atoms. The van der Waals surface area contributed by atoms with Gasteiger partial charge in [-0.15, -0.1) is 0 Å². The van der Waals surface area contributed by atoms with Gasteiger partial charge in [0, 0.05) is 18.8 Å². The monoisotopic (exact) mass is 373 g/mol. The molecule has 1 fully saturated rings. The van der Waals surface area contributed by atoms with Crippen LogP contribution >= 0.6 is 0 Å². The van der Waals surface area contributed by atoms with Crippen molar-refractivity contribution < 1.29 is 9.53 Å². The SMILES string of the molecule is O=C(Cc1cccc2ccccc12)N/N=C\c1ccc(N2CCOCC2)cc1. The molecule has 0 saturated carbocycles. The third kappa shape index (κ3) is 4.38. The second-order valence-corrected chi connectivity index (χ2v) is 6.80. The van der Waals surface area contributed by atoms with Crippen molar-refractivity contribution in [2.45, 2.75) is 6.42 Å². The standard InChI is InChI=1S/C23H23N3O2/c27-23(16-20-6-3-5-19-4-1-2-7-22(19)20)25-24-17-18-8-10-21(11-9-18)26-12-14-28-15-13-26/h1-11,17H,12-16H2,(H,25,27)/b24-17-. The predicted octanol–water partition coefficient (Wildman–Crippen LogP) is 3.37. The van der Waals surface area contributed by atoms with Crippen molar-refractivity contribution in [1.82, 2.24) is 5.43 Å². The van der Waals surface area contributed by atoms with Gasteiger partial charge in [0.2, 0.25) is 5.91 Å². The lowest BCUT2D eigenvalue weighted by Crippen LogP contribution is -2.36. The Bertz CT molecular complexity index is 971. The van der Waals surface area contributed by atoms with E-state index in [1.165, 1.54) is 5.69 Å². The molecule has 1 heterocycles. The summed E-state index contributed by atoms with van der Waals surface area (Å²) in [5, 5.41) is 6.34. The molecule has 3 aromatic carbocycles. The first kappa shape index (κ1) is 18.2. The van der Waals surface area contributed by atoms with Gasteiger partial charge in [-0.3, -0.25) is 4.79 Å². The van der Waals surface area contributed by atoms with Crippen LogP contribution in [0.3, 0.4) is 0 Å². The molecule has 5 heteroatoms. The minimum Gasteiger partial charge on any atom is -0.378 e. The number of hydrogen-bond donors (Lipinski definition) is 1. The number of nitrogens with zero attached hydrogens (tertiary/aromatic N) is 2. The Labute approximate surface area is 164 Å². The van der Waals surface area contributed by atoms with Gasteiger partial charge in [0.1, 0.15) is 0 Å². The number of hydrazone groups is 1. The quantitative estimate of drug-likeness (QED) is 0.551. The van der Waals surface area contributed by atoms with E-state index in [2.05, 4.69) is 39.7 Å². The molecule has 0 unspecified atom stereocenters. The van der Waals surface area contributed by atoms with Gasteiger partial charge >= 0.3 is 0 Å². The molecule has 0 atom stereocenters. The van der Waals surface area contributed by atoms with Crippen molar-refractivity contribution >= 4 is 28.6 Å². The number of rotatable bonds is 5. The van der Waals surface area contributed by atoms with Gasteiger partial charge in [0.25, 0.3) is 0 Å². The summed E-state index contributed by atoms with van der Waals surface area (Å²) in [4.78, 5) is 14.6. The molecule has 142 valence electrons. The predicted molar refractivity (Wildman–Crippen MR) is 113 cm³/mol. The van der Waals surface area contributed by atoms with Gasteiger partial charge in [-0.05, 0) is 34.0 Å². The maximum Gasteiger partial charge on any atom is 0.244 e. The Morgan fingerprint density at radius 2 is 1.75 bits per heavy atom. The number of amides is 1. The number of fused-ring (bicyclic) bond motifs is 1. The number of carbonyl (C=O) groups excluding carboxylic acids is 1. The van der Waals surface area contributed by atoms with Crippen LogP contribution in [0.25, 0.3) is 10.8 Å². The van der Waals surface area contributed by atoms with Gasteiger partial charge in [0.05, 0.1) is 25.8 Å². The summed E-state index contributed by atoms with van der Waals surface area (Å²) >= 11 is 0. The summed E-state index contributed by atoms with van der Waals surface area (Å²) < 4.78 is 5.38. The molecule has 3 aromatic rings. The van der Waals surface area contributed by atoms with Crippen LogP contribution in [0.4, 0.5) is 5.69 Å². The first-order chi connectivity index (χ1) is 13.8. The van der Waals surface area contributed by atoms with Crippen molar-refractivity contribution in [1.29, 1.82) is 0 Å². The van der Waals surface area contributed by atoms with Crippen LogP contribution in [-0.4, -0.2) is 38.4 Å². The number of nitrogens with one attached hydrogen (secondary N) is 1. The topological polar surface area (TPSA) is 53.9 Å². The van der Waals surface area contributed by atoms with Gasteiger partial charge in [-0.25, -0.2) is 5.43 Å². The number of hydrogen-bond acceptors (Lipinski definition) is 4. The Morgan fingerprint density at radius 1 is 1.00 bits per heavy atom. The van der Waals surface area contributed by atoms with Crippen LogP contribution in [0.2, 0.25) is 0 Å². The molecule has 4 rings (SSSR count). The lowest BCUT2D eigenvalue weighted by molar-refractivity contribution is -0.120. The minimum atomic E-state index is -0.127. The normalized spacial score (nSPS) is 14.5. The fourth-order valence-corrected chi connectivity index (χ4v) is 3.43. The van der Waals surface area contributed by atoms with E-state index in [4.69, 9.17) is 4.74 Å². The molecule has 0 aliphatic carbocycles. The zero-order valence-electron chi connectivity index (χ0n) is 15.7. The summed E-state index contributed by atoms with van der Waals surface area (Å²) in [5.74, 6) is -0.127. The van der Waals surface area contributed by atoms with E-state index in [-0.39, 0.29) is 5.91 Å². The summed E-state index contributed by atoms with van der Waals surface area (Å²) in [5.41, 5.74) is 5.75. The molecule has 1 aliphatic rings. The second kappa shape index (κ2) is 8.67. The van der Waals surface area contributed by atoms with Crippen molar-refractivity contribution in [2.24, 2.45) is 5.10 Å². The molecule has 1 N–H and O–H groups in total. The maximum absolute atomic E-state index is 12.3. The summed E-state index contributed by atoms with van der Waals surface area (Å²) in [6, 6.07) is 22.2. The van der Waals surface area contributed by atoms with Crippen molar-refractivity contribution in [3.05, 3.63) is 77.9 Å². The lowest BCUT2D eigenvalue weighted by atomic mass is 10.0. The van der Waals surface area contributed by atoms with E-state index in [9.17, 15) is 4.79 Å².